The number of fused-ring (bicyclic) bond motifs is 3. The molecule has 3 aromatic carbocycles. The summed E-state index contributed by atoms with van der Waals surface area (Å²) in [6.07, 6.45) is 12.1. The topological polar surface area (TPSA) is 211 Å². The second kappa shape index (κ2) is 18.3. The Morgan fingerprint density at radius 1 is 0.859 bits per heavy atom. The number of amides is 1. The number of carbonyl (C=O) groups excluding carboxylic acids is 1. The van der Waals surface area contributed by atoms with Crippen LogP contribution in [0.5, 0.6) is 11.5 Å². The summed E-state index contributed by atoms with van der Waals surface area (Å²) in [5.41, 5.74) is 6.59. The summed E-state index contributed by atoms with van der Waals surface area (Å²) in [5.74, 6) is -0.514. The quantitative estimate of drug-likeness (QED) is 0.0404. The maximum atomic E-state index is 13.6. The smallest absolute Gasteiger partial charge is 0.303 e. The van der Waals surface area contributed by atoms with Gasteiger partial charge in [-0.05, 0) is 119 Å². The zero-order chi connectivity index (χ0) is 47.1. The Morgan fingerprint density at radius 2 is 1.52 bits per heavy atom. The fourth-order valence-electron chi connectivity index (χ4n) is 9.31. The number of rotatable bonds is 16. The molecule has 0 spiro atoms. The van der Waals surface area contributed by atoms with Gasteiger partial charge in [0.05, 0.1) is 21.1 Å². The second-order valence-corrected chi connectivity index (χ2v) is 20.9. The molecule has 0 fully saturated rings. The fourth-order valence-corrected chi connectivity index (χ4v) is 10.3. The van der Waals surface area contributed by atoms with Crippen LogP contribution in [0.15, 0.2) is 82.3 Å². The van der Waals surface area contributed by atoms with E-state index in [0.717, 1.165) is 50.8 Å². The van der Waals surface area contributed by atoms with Crippen molar-refractivity contribution in [2.75, 3.05) is 24.5 Å². The molecule has 3 heterocycles. The lowest BCUT2D eigenvalue weighted by Crippen LogP contribution is -2.43. The number of ether oxygens (including phenoxy) is 1. The lowest BCUT2D eigenvalue weighted by Gasteiger charge is -2.33. The highest BCUT2D eigenvalue weighted by atomic mass is 32.2. The largest absolute Gasteiger partial charge is 0.507 e. The van der Waals surface area contributed by atoms with Gasteiger partial charge in [-0.2, -0.15) is 21.4 Å². The molecule has 14 nitrogen and oxygen atoms in total. The number of hydrogen-bond donors (Lipinski definition) is 5. The fraction of sp³-hybridized carbons (Fsp3) is 0.438. The zero-order valence-corrected chi connectivity index (χ0v) is 39.4. The minimum absolute atomic E-state index is 0.0756. The number of phenols is 1. The van der Waals surface area contributed by atoms with Gasteiger partial charge in [-0.3, -0.25) is 18.7 Å². The molecule has 344 valence electrons. The highest BCUT2D eigenvalue weighted by Gasteiger charge is 2.45. The number of benzene rings is 3. The number of hydrogen-bond acceptors (Lipinski definition) is 9. The maximum Gasteiger partial charge on any atom is 0.303 e. The van der Waals surface area contributed by atoms with Crippen LogP contribution >= 0.6 is 0 Å². The highest BCUT2D eigenvalue weighted by molar-refractivity contribution is 7.86. The number of anilines is 1. The second-order valence-electron chi connectivity index (χ2n) is 18.1. The van der Waals surface area contributed by atoms with E-state index < -0.39 is 43.0 Å². The third-order valence-corrected chi connectivity index (χ3v) is 14.9. The highest BCUT2D eigenvalue weighted by Crippen LogP contribution is 2.49. The van der Waals surface area contributed by atoms with Crippen molar-refractivity contribution in [1.82, 2.24) is 5.32 Å². The van der Waals surface area contributed by atoms with E-state index in [9.17, 15) is 40.6 Å². The van der Waals surface area contributed by atoms with E-state index in [4.69, 9.17) is 9.84 Å². The SMILES string of the molecule is Cc1c(C)c2c(c(C)c1O)CC(C(=O)NCCC[N+]1=C(/C=C/C=C/C=C3/N(CCCCCC(=O)O)c4ccc(S(=O)(=O)O)cc4C3(C)C)C(C)(C)c3cc(S(=O)(=O)O)ccc31)C(C)O2. The average Bonchev–Trinajstić information content (AvgIpc) is 3.56. The summed E-state index contributed by atoms with van der Waals surface area (Å²) < 4.78 is 76.7. The average molecular weight is 919 g/mol. The molecule has 64 heavy (non-hydrogen) atoms. The predicted molar refractivity (Wildman–Crippen MR) is 245 cm³/mol. The molecule has 0 bridgehead atoms. The van der Waals surface area contributed by atoms with E-state index >= 15 is 0 Å². The van der Waals surface area contributed by atoms with Crippen molar-refractivity contribution in [2.24, 2.45) is 5.92 Å². The van der Waals surface area contributed by atoms with Gasteiger partial charge in [0, 0.05) is 66.0 Å². The molecule has 0 radical (unpaired) electrons. The van der Waals surface area contributed by atoms with Crippen molar-refractivity contribution >= 4 is 49.2 Å². The van der Waals surface area contributed by atoms with Crippen molar-refractivity contribution in [3.05, 3.63) is 106 Å². The van der Waals surface area contributed by atoms with Gasteiger partial charge >= 0.3 is 5.97 Å². The summed E-state index contributed by atoms with van der Waals surface area (Å²) in [4.78, 5) is 26.4. The van der Waals surface area contributed by atoms with E-state index in [0.29, 0.717) is 62.9 Å². The number of nitrogens with one attached hydrogen (secondary N) is 1. The first-order valence-electron chi connectivity index (χ1n) is 21.6. The van der Waals surface area contributed by atoms with Crippen LogP contribution in [0.3, 0.4) is 0 Å². The molecule has 6 rings (SSSR count). The number of aromatic hydroxyl groups is 1. The third kappa shape index (κ3) is 9.56. The van der Waals surface area contributed by atoms with Crippen molar-refractivity contribution in [2.45, 2.75) is 121 Å². The van der Waals surface area contributed by atoms with E-state index in [1.165, 1.54) is 24.3 Å². The standard InChI is InChI=1S/C48H59N3O11S2/c1-29-30(2)45-35(31(3)44(29)54)28-36(32(4)62-45)46(55)49-23-15-25-51-40-22-20-34(64(59,60)61)27-38(40)48(7,8)42(51)17-12-9-11-16-41-47(5,6)37-26-33(63(56,57)58)19-21-39(37)50(41)24-14-10-13-18-43(52)53/h9,11-12,16-17,19-22,26-27,32,36H,10,13-15,18,23-25,28H2,1-8H3,(H4-,49,52,53,54,55,56,57,58,59,60,61)/p+1. The number of phenolic OH excluding ortho intramolecular Hbond substituents is 1. The molecule has 5 N–H and O–H groups in total. The van der Waals surface area contributed by atoms with Crippen LogP contribution in [0.2, 0.25) is 0 Å². The Kier molecular flexibility index (Phi) is 13.8. The van der Waals surface area contributed by atoms with Crippen LogP contribution in [0.25, 0.3) is 0 Å². The molecule has 3 aromatic rings. The molecule has 0 aliphatic carbocycles. The van der Waals surface area contributed by atoms with Gasteiger partial charge in [-0.25, -0.2) is 0 Å². The van der Waals surface area contributed by atoms with Gasteiger partial charge in [0.15, 0.2) is 12.3 Å². The Morgan fingerprint density at radius 3 is 2.17 bits per heavy atom. The predicted octanol–water partition coefficient (Wildman–Crippen LogP) is 7.77. The first kappa shape index (κ1) is 48.2. The number of nitrogens with zero attached hydrogens (tertiary/aromatic N) is 2. The van der Waals surface area contributed by atoms with E-state index in [2.05, 4.69) is 14.8 Å². The number of allylic oxidation sites excluding steroid dienone is 6. The van der Waals surface area contributed by atoms with Gasteiger partial charge in [-0.1, -0.05) is 38.5 Å². The Balaban J connectivity index is 1.24. The molecular formula is C48H60N3O11S2+. The molecule has 2 unspecified atom stereocenters. The summed E-state index contributed by atoms with van der Waals surface area (Å²) in [6, 6.07) is 9.11. The van der Waals surface area contributed by atoms with E-state index in [-0.39, 0.29) is 34.0 Å². The van der Waals surface area contributed by atoms with Gasteiger partial charge in [-0.15, -0.1) is 0 Å². The molecule has 3 aliphatic heterocycles. The van der Waals surface area contributed by atoms with Gasteiger partial charge in [0.1, 0.15) is 17.6 Å². The van der Waals surface area contributed by atoms with Gasteiger partial charge in [0.2, 0.25) is 11.6 Å². The number of unbranched alkanes of at least 4 members (excludes halogenated alkanes) is 2. The lowest BCUT2D eigenvalue weighted by atomic mass is 9.81. The van der Waals surface area contributed by atoms with Gasteiger partial charge < -0.3 is 25.2 Å². The molecule has 0 aromatic heterocycles. The summed E-state index contributed by atoms with van der Waals surface area (Å²) in [5, 5.41) is 22.9. The van der Waals surface area contributed by atoms with E-state index in [1.54, 1.807) is 12.1 Å². The zero-order valence-electron chi connectivity index (χ0n) is 37.7. The maximum absolute atomic E-state index is 13.6. The molecule has 3 aliphatic rings. The van der Waals surface area contributed by atoms with Crippen molar-refractivity contribution in [3.63, 3.8) is 0 Å². The molecule has 0 saturated carbocycles. The Hall–Kier alpha value is -5.29. The minimum atomic E-state index is -4.48. The summed E-state index contributed by atoms with van der Waals surface area (Å²) in [7, 11) is -8.92. The Bertz CT molecular complexity index is 2730. The van der Waals surface area contributed by atoms with E-state index in [1.807, 2.05) is 85.8 Å². The van der Waals surface area contributed by atoms with Crippen LogP contribution in [0.4, 0.5) is 11.4 Å². The normalized spacial score (nSPS) is 19.6. The first-order chi connectivity index (χ1) is 29.9. The molecule has 16 heteroatoms. The molecule has 1 amide bonds. The van der Waals surface area contributed by atoms with Crippen molar-refractivity contribution in [1.29, 1.82) is 0 Å². The summed E-state index contributed by atoms with van der Waals surface area (Å²) >= 11 is 0. The van der Waals surface area contributed by atoms with Crippen LogP contribution in [-0.4, -0.2) is 84.1 Å². The van der Waals surface area contributed by atoms with Crippen molar-refractivity contribution < 1.29 is 55.1 Å². The van der Waals surface area contributed by atoms with Crippen molar-refractivity contribution in [3.8, 4) is 11.5 Å². The lowest BCUT2D eigenvalue weighted by molar-refractivity contribution is -0.437. The van der Waals surface area contributed by atoms with Crippen LogP contribution < -0.4 is 15.0 Å². The molecule has 0 saturated heterocycles. The molecular weight excluding hydrogens is 859 g/mol. The number of aliphatic carboxylic acids is 1. The monoisotopic (exact) mass is 918 g/mol. The minimum Gasteiger partial charge on any atom is -0.507 e. The van der Waals surface area contributed by atoms with Gasteiger partial charge in [0.25, 0.3) is 20.2 Å². The number of carboxylic acid groups (broad SMARTS) is 1. The number of carboxylic acids is 1. The van der Waals surface area contributed by atoms with Crippen LogP contribution in [0, 0.1) is 26.7 Å². The first-order valence-corrected chi connectivity index (χ1v) is 24.4. The van der Waals surface area contributed by atoms with Crippen LogP contribution in [0.1, 0.15) is 100 Å². The summed E-state index contributed by atoms with van der Waals surface area (Å²) in [6.45, 7) is 16.8. The number of carbonyl (C=O) groups is 2. The van der Waals surface area contributed by atoms with Crippen LogP contribution in [-0.2, 0) is 47.1 Å². The third-order valence-electron chi connectivity index (χ3n) is 13.2. The Labute approximate surface area is 376 Å². The molecule has 2 atom stereocenters.